The van der Waals surface area contributed by atoms with E-state index in [1.165, 1.54) is 11.8 Å². The number of aromatic nitrogens is 3. The minimum Gasteiger partial charge on any atom is -0.465 e. The first-order chi connectivity index (χ1) is 13.1. The highest BCUT2D eigenvalue weighted by Gasteiger charge is 2.15. The Hall–Kier alpha value is -2.15. The minimum atomic E-state index is -0.319. The second-order valence-electron chi connectivity index (χ2n) is 5.40. The van der Waals surface area contributed by atoms with Crippen molar-refractivity contribution in [2.24, 2.45) is 0 Å². The minimum absolute atomic E-state index is 0.121. The average Bonchev–Trinajstić information content (AvgIpc) is 2.68. The van der Waals surface area contributed by atoms with E-state index in [-0.39, 0.29) is 11.7 Å². The standard InChI is InChI=1S/C19H15Cl2N3O2S/c1-2-26-16(25)11-27-19-22-17(12-3-7-14(20)8-4-12)18(23-24-19)13-5-9-15(21)10-6-13/h3-10H,2,11H2,1H3. The summed E-state index contributed by atoms with van der Waals surface area (Å²) in [7, 11) is 0. The first-order valence-corrected chi connectivity index (χ1v) is 9.86. The van der Waals surface area contributed by atoms with Crippen molar-refractivity contribution in [2.75, 3.05) is 12.4 Å². The lowest BCUT2D eigenvalue weighted by atomic mass is 10.0. The number of thioether (sulfide) groups is 1. The third-order valence-corrected chi connectivity index (χ3v) is 4.84. The largest absolute Gasteiger partial charge is 0.465 e. The summed E-state index contributed by atoms with van der Waals surface area (Å²) in [6.45, 7) is 2.10. The van der Waals surface area contributed by atoms with E-state index in [1.807, 2.05) is 24.3 Å². The molecule has 3 rings (SSSR count). The molecule has 0 spiro atoms. The third-order valence-electron chi connectivity index (χ3n) is 3.53. The van der Waals surface area contributed by atoms with E-state index in [9.17, 15) is 4.79 Å². The summed E-state index contributed by atoms with van der Waals surface area (Å²) in [5.41, 5.74) is 2.95. The lowest BCUT2D eigenvalue weighted by molar-refractivity contribution is -0.139. The number of nitrogens with zero attached hydrogens (tertiary/aromatic N) is 3. The average molecular weight is 420 g/mol. The third kappa shape index (κ3) is 5.19. The molecule has 0 atom stereocenters. The maximum absolute atomic E-state index is 11.6. The lowest BCUT2D eigenvalue weighted by Gasteiger charge is -2.09. The monoisotopic (exact) mass is 419 g/mol. The number of ether oxygens (including phenoxy) is 1. The van der Waals surface area contributed by atoms with Crippen molar-refractivity contribution in [3.8, 4) is 22.5 Å². The summed E-state index contributed by atoms with van der Waals surface area (Å²) in [5, 5.41) is 10.1. The molecule has 0 aliphatic rings. The van der Waals surface area contributed by atoms with Gasteiger partial charge in [-0.25, -0.2) is 4.98 Å². The van der Waals surface area contributed by atoms with Crippen LogP contribution < -0.4 is 0 Å². The molecule has 1 aromatic heterocycles. The molecule has 0 saturated carbocycles. The number of carbonyl (C=O) groups is 1. The van der Waals surface area contributed by atoms with Crippen LogP contribution in [0.1, 0.15) is 6.92 Å². The van der Waals surface area contributed by atoms with Crippen LogP contribution in [0.4, 0.5) is 0 Å². The van der Waals surface area contributed by atoms with E-state index in [1.54, 1.807) is 31.2 Å². The molecule has 0 saturated heterocycles. The van der Waals surface area contributed by atoms with Crippen LogP contribution in [0.5, 0.6) is 0 Å². The summed E-state index contributed by atoms with van der Waals surface area (Å²) < 4.78 is 4.93. The number of benzene rings is 2. The summed E-state index contributed by atoms with van der Waals surface area (Å²) in [6.07, 6.45) is 0. The molecular formula is C19H15Cl2N3O2S. The van der Waals surface area contributed by atoms with Gasteiger partial charge in [0.05, 0.1) is 12.4 Å². The first kappa shape index (κ1) is 19.6. The van der Waals surface area contributed by atoms with Gasteiger partial charge >= 0.3 is 5.97 Å². The van der Waals surface area contributed by atoms with Gasteiger partial charge in [0.2, 0.25) is 5.16 Å². The Kier molecular flexibility index (Phi) is 6.66. The molecular weight excluding hydrogens is 405 g/mol. The number of hydrogen-bond acceptors (Lipinski definition) is 6. The van der Waals surface area contributed by atoms with Gasteiger partial charge in [-0.2, -0.15) is 0 Å². The lowest BCUT2D eigenvalue weighted by Crippen LogP contribution is -2.08. The van der Waals surface area contributed by atoms with Crippen molar-refractivity contribution < 1.29 is 9.53 Å². The Labute approximate surface area is 171 Å². The molecule has 0 aliphatic carbocycles. The van der Waals surface area contributed by atoms with Gasteiger partial charge in [0, 0.05) is 21.2 Å². The zero-order chi connectivity index (χ0) is 19.2. The highest BCUT2D eigenvalue weighted by atomic mass is 35.5. The Morgan fingerprint density at radius 1 is 0.926 bits per heavy atom. The molecule has 5 nitrogen and oxygen atoms in total. The first-order valence-electron chi connectivity index (χ1n) is 8.12. The summed E-state index contributed by atoms with van der Waals surface area (Å²) in [6, 6.07) is 14.6. The molecule has 0 amide bonds. The van der Waals surface area contributed by atoms with Crippen LogP contribution in [0.15, 0.2) is 53.7 Å². The van der Waals surface area contributed by atoms with E-state index >= 15 is 0 Å². The van der Waals surface area contributed by atoms with E-state index in [0.29, 0.717) is 33.2 Å². The van der Waals surface area contributed by atoms with E-state index < -0.39 is 0 Å². The van der Waals surface area contributed by atoms with E-state index in [0.717, 1.165) is 11.1 Å². The smallest absolute Gasteiger partial charge is 0.316 e. The molecule has 8 heteroatoms. The molecule has 138 valence electrons. The predicted molar refractivity (Wildman–Crippen MR) is 108 cm³/mol. The van der Waals surface area contributed by atoms with Crippen molar-refractivity contribution in [3.63, 3.8) is 0 Å². The Morgan fingerprint density at radius 3 is 2.04 bits per heavy atom. The molecule has 3 aromatic rings. The highest BCUT2D eigenvalue weighted by Crippen LogP contribution is 2.31. The number of carbonyl (C=O) groups excluding carboxylic acids is 1. The van der Waals surface area contributed by atoms with Crippen molar-refractivity contribution in [2.45, 2.75) is 12.1 Å². The molecule has 0 unspecified atom stereocenters. The van der Waals surface area contributed by atoms with Gasteiger partial charge in [0.1, 0.15) is 11.4 Å². The van der Waals surface area contributed by atoms with Gasteiger partial charge in [-0.1, -0.05) is 59.2 Å². The fourth-order valence-corrected chi connectivity index (χ4v) is 3.15. The van der Waals surface area contributed by atoms with Crippen LogP contribution in [0, 0.1) is 0 Å². The number of rotatable bonds is 6. The van der Waals surface area contributed by atoms with Gasteiger partial charge in [0.25, 0.3) is 0 Å². The topological polar surface area (TPSA) is 65.0 Å². The van der Waals surface area contributed by atoms with Gasteiger partial charge in [-0.15, -0.1) is 10.2 Å². The quantitative estimate of drug-likeness (QED) is 0.405. The van der Waals surface area contributed by atoms with Gasteiger partial charge in [0.15, 0.2) is 0 Å². The van der Waals surface area contributed by atoms with E-state index in [2.05, 4.69) is 15.2 Å². The molecule has 0 bridgehead atoms. The molecule has 27 heavy (non-hydrogen) atoms. The normalized spacial score (nSPS) is 10.6. The summed E-state index contributed by atoms with van der Waals surface area (Å²) >= 11 is 13.2. The number of halogens is 2. The van der Waals surface area contributed by atoms with Crippen LogP contribution in [0.3, 0.4) is 0 Å². The maximum Gasteiger partial charge on any atom is 0.316 e. The zero-order valence-corrected chi connectivity index (χ0v) is 16.7. The number of esters is 1. The molecule has 0 radical (unpaired) electrons. The van der Waals surface area contributed by atoms with Crippen LogP contribution in [-0.2, 0) is 9.53 Å². The molecule has 0 N–H and O–H groups in total. The van der Waals surface area contributed by atoms with Crippen molar-refractivity contribution in [1.82, 2.24) is 15.2 Å². The molecule has 2 aromatic carbocycles. The molecule has 0 aliphatic heterocycles. The Bertz CT molecular complexity index is 935. The van der Waals surface area contributed by atoms with Crippen LogP contribution in [0.25, 0.3) is 22.5 Å². The predicted octanol–water partition coefficient (Wildman–Crippen LogP) is 5.17. The van der Waals surface area contributed by atoms with Crippen LogP contribution >= 0.6 is 35.0 Å². The fraction of sp³-hybridized carbons (Fsp3) is 0.158. The Balaban J connectivity index is 1.98. The van der Waals surface area contributed by atoms with Gasteiger partial charge < -0.3 is 4.74 Å². The second kappa shape index (κ2) is 9.17. The molecule has 1 heterocycles. The second-order valence-corrected chi connectivity index (χ2v) is 7.21. The SMILES string of the molecule is CCOC(=O)CSc1nnc(-c2ccc(Cl)cc2)c(-c2ccc(Cl)cc2)n1. The zero-order valence-electron chi connectivity index (χ0n) is 14.4. The van der Waals surface area contributed by atoms with E-state index in [4.69, 9.17) is 27.9 Å². The Morgan fingerprint density at radius 2 is 1.48 bits per heavy atom. The van der Waals surface area contributed by atoms with Crippen molar-refractivity contribution >= 4 is 40.9 Å². The van der Waals surface area contributed by atoms with Gasteiger partial charge in [-0.3, -0.25) is 4.79 Å². The highest BCUT2D eigenvalue weighted by molar-refractivity contribution is 7.99. The summed E-state index contributed by atoms with van der Waals surface area (Å²) in [4.78, 5) is 16.2. The van der Waals surface area contributed by atoms with Crippen LogP contribution in [-0.4, -0.2) is 33.5 Å². The summed E-state index contributed by atoms with van der Waals surface area (Å²) in [5.74, 6) is -0.198. The molecule has 0 fully saturated rings. The maximum atomic E-state index is 11.6. The van der Waals surface area contributed by atoms with Crippen LogP contribution in [0.2, 0.25) is 10.0 Å². The van der Waals surface area contributed by atoms with Gasteiger partial charge in [-0.05, 0) is 31.2 Å². The van der Waals surface area contributed by atoms with Crippen molar-refractivity contribution in [1.29, 1.82) is 0 Å². The fourth-order valence-electron chi connectivity index (χ4n) is 2.31. The number of hydrogen-bond donors (Lipinski definition) is 0. The van der Waals surface area contributed by atoms with Crippen molar-refractivity contribution in [3.05, 3.63) is 58.6 Å².